The van der Waals surface area contributed by atoms with Gasteiger partial charge in [-0.3, -0.25) is 0 Å². The third-order valence-corrected chi connectivity index (χ3v) is 3.59. The maximum Gasteiger partial charge on any atom is 0.196 e. The number of hydrogen-bond donors (Lipinski definition) is 0. The van der Waals surface area contributed by atoms with Crippen molar-refractivity contribution < 1.29 is 13.5 Å². The number of allylic oxidation sites excluding steroid dienone is 4. The number of hydrogen-bond acceptors (Lipinski definition) is 1. The van der Waals surface area contributed by atoms with Gasteiger partial charge in [0.2, 0.25) is 0 Å². The molecule has 2 aliphatic rings. The van der Waals surface area contributed by atoms with E-state index in [-0.39, 0.29) is 23.7 Å². The minimum Gasteiger partial charge on any atom is -0.492 e. The number of ether oxygens (including phenoxy) is 1. The van der Waals surface area contributed by atoms with E-state index in [1.165, 1.54) is 0 Å². The summed E-state index contributed by atoms with van der Waals surface area (Å²) < 4.78 is 32.5. The zero-order valence-corrected chi connectivity index (χ0v) is 9.31. The van der Waals surface area contributed by atoms with Gasteiger partial charge in [-0.1, -0.05) is 6.92 Å². The van der Waals surface area contributed by atoms with Gasteiger partial charge in [-0.05, 0) is 38.2 Å². The molecule has 0 aromatic carbocycles. The Bertz CT molecular complexity index is 344. The number of rotatable bonds is 0. The molecule has 1 aliphatic carbocycles. The van der Waals surface area contributed by atoms with Crippen LogP contribution in [0.15, 0.2) is 23.0 Å². The first-order valence-corrected chi connectivity index (χ1v) is 5.45. The van der Waals surface area contributed by atoms with Crippen molar-refractivity contribution in [2.75, 3.05) is 0 Å². The standard InChI is InChI=1S/C12H16F2O/c1-6-4-5-9-7(2)8(3)10(13)11(14)12(9)15-6/h6-7,9H,4-5H2,1-3H3. The van der Waals surface area contributed by atoms with Gasteiger partial charge in [0, 0.05) is 5.92 Å². The van der Waals surface area contributed by atoms with E-state index in [1.807, 2.05) is 13.8 Å². The Morgan fingerprint density at radius 3 is 2.47 bits per heavy atom. The van der Waals surface area contributed by atoms with Gasteiger partial charge in [-0.25, -0.2) is 8.78 Å². The zero-order valence-electron chi connectivity index (χ0n) is 9.31. The fourth-order valence-corrected chi connectivity index (χ4v) is 2.38. The normalized spacial score (nSPS) is 36.5. The van der Waals surface area contributed by atoms with Crippen LogP contribution in [0.2, 0.25) is 0 Å². The minimum absolute atomic E-state index is 0.000376. The van der Waals surface area contributed by atoms with Crippen LogP contribution in [-0.2, 0) is 4.74 Å². The summed E-state index contributed by atoms with van der Waals surface area (Å²) in [6.07, 6.45) is 1.80. The maximum absolute atomic E-state index is 13.6. The molecule has 3 heteroatoms. The van der Waals surface area contributed by atoms with E-state index in [2.05, 4.69) is 0 Å². The van der Waals surface area contributed by atoms with Gasteiger partial charge in [0.1, 0.15) is 5.76 Å². The van der Waals surface area contributed by atoms with Gasteiger partial charge < -0.3 is 4.74 Å². The van der Waals surface area contributed by atoms with E-state index in [0.717, 1.165) is 12.8 Å². The summed E-state index contributed by atoms with van der Waals surface area (Å²) >= 11 is 0. The lowest BCUT2D eigenvalue weighted by molar-refractivity contribution is 0.0369. The van der Waals surface area contributed by atoms with Gasteiger partial charge >= 0.3 is 0 Å². The van der Waals surface area contributed by atoms with Crippen LogP contribution >= 0.6 is 0 Å². The van der Waals surface area contributed by atoms with Crippen LogP contribution in [-0.4, -0.2) is 6.10 Å². The SMILES string of the molecule is CC1=C(F)C(F)=C2OC(C)CCC2C1C. The fourth-order valence-electron chi connectivity index (χ4n) is 2.38. The summed E-state index contributed by atoms with van der Waals surface area (Å²) in [7, 11) is 0. The highest BCUT2D eigenvalue weighted by Gasteiger charge is 2.38. The third-order valence-electron chi connectivity index (χ3n) is 3.59. The molecule has 0 bridgehead atoms. The topological polar surface area (TPSA) is 9.23 Å². The van der Waals surface area contributed by atoms with Crippen molar-refractivity contribution in [2.24, 2.45) is 11.8 Å². The average Bonchev–Trinajstić information content (AvgIpc) is 2.23. The van der Waals surface area contributed by atoms with Crippen molar-refractivity contribution in [3.8, 4) is 0 Å². The molecular formula is C12H16F2O. The quantitative estimate of drug-likeness (QED) is 0.594. The van der Waals surface area contributed by atoms with Crippen molar-refractivity contribution in [3.63, 3.8) is 0 Å². The monoisotopic (exact) mass is 214 g/mol. The molecule has 2 rings (SSSR count). The lowest BCUT2D eigenvalue weighted by atomic mass is 9.77. The first kappa shape index (κ1) is 10.7. The summed E-state index contributed by atoms with van der Waals surface area (Å²) in [6, 6.07) is 0. The predicted octanol–water partition coefficient (Wildman–Crippen LogP) is 3.88. The summed E-state index contributed by atoms with van der Waals surface area (Å²) in [6.45, 7) is 5.49. The molecule has 0 aromatic rings. The first-order chi connectivity index (χ1) is 7.02. The Morgan fingerprint density at radius 1 is 1.13 bits per heavy atom. The van der Waals surface area contributed by atoms with Crippen molar-refractivity contribution in [1.82, 2.24) is 0 Å². The third kappa shape index (κ3) is 1.58. The Morgan fingerprint density at radius 2 is 1.80 bits per heavy atom. The van der Waals surface area contributed by atoms with E-state index in [0.29, 0.717) is 5.57 Å². The second-order valence-corrected chi connectivity index (χ2v) is 4.58. The fraction of sp³-hybridized carbons (Fsp3) is 0.667. The Labute approximate surface area is 88.8 Å². The van der Waals surface area contributed by atoms with Crippen molar-refractivity contribution in [1.29, 1.82) is 0 Å². The molecule has 0 N–H and O–H groups in total. The molecule has 1 heterocycles. The van der Waals surface area contributed by atoms with Crippen LogP contribution < -0.4 is 0 Å². The molecule has 15 heavy (non-hydrogen) atoms. The van der Waals surface area contributed by atoms with E-state index < -0.39 is 11.7 Å². The molecule has 0 spiro atoms. The smallest absolute Gasteiger partial charge is 0.196 e. The summed E-state index contributed by atoms with van der Waals surface area (Å²) in [5, 5.41) is 0. The lowest BCUT2D eigenvalue weighted by Crippen LogP contribution is -2.30. The molecule has 1 nitrogen and oxygen atoms in total. The highest BCUT2D eigenvalue weighted by molar-refractivity contribution is 5.35. The van der Waals surface area contributed by atoms with Gasteiger partial charge in [-0.2, -0.15) is 0 Å². The Kier molecular flexibility index (Phi) is 2.57. The average molecular weight is 214 g/mol. The molecule has 0 saturated carbocycles. The van der Waals surface area contributed by atoms with Crippen LogP contribution in [0.25, 0.3) is 0 Å². The number of halogens is 2. The molecule has 84 valence electrons. The second-order valence-electron chi connectivity index (χ2n) is 4.58. The Balaban J connectivity index is 2.41. The first-order valence-electron chi connectivity index (χ1n) is 5.45. The molecule has 0 aromatic heterocycles. The van der Waals surface area contributed by atoms with Gasteiger partial charge in [0.25, 0.3) is 0 Å². The molecule has 1 fully saturated rings. The van der Waals surface area contributed by atoms with Crippen molar-refractivity contribution >= 4 is 0 Å². The molecule has 0 amide bonds. The van der Waals surface area contributed by atoms with Crippen LogP contribution in [0.5, 0.6) is 0 Å². The van der Waals surface area contributed by atoms with Gasteiger partial charge in [-0.15, -0.1) is 0 Å². The minimum atomic E-state index is -0.776. The predicted molar refractivity (Wildman–Crippen MR) is 54.4 cm³/mol. The number of fused-ring (bicyclic) bond motifs is 1. The summed E-state index contributed by atoms with van der Waals surface area (Å²) in [5.41, 5.74) is 0.513. The Hall–Kier alpha value is -0.860. The van der Waals surface area contributed by atoms with Crippen LogP contribution in [0.3, 0.4) is 0 Å². The molecule has 1 saturated heterocycles. The highest BCUT2D eigenvalue weighted by Crippen LogP contribution is 2.45. The van der Waals surface area contributed by atoms with E-state index in [9.17, 15) is 8.78 Å². The molecular weight excluding hydrogens is 198 g/mol. The van der Waals surface area contributed by atoms with Crippen LogP contribution in [0, 0.1) is 11.8 Å². The van der Waals surface area contributed by atoms with Crippen molar-refractivity contribution in [2.45, 2.75) is 39.7 Å². The largest absolute Gasteiger partial charge is 0.492 e. The molecule has 3 unspecified atom stereocenters. The van der Waals surface area contributed by atoms with Crippen LogP contribution in [0.4, 0.5) is 8.78 Å². The maximum atomic E-state index is 13.6. The van der Waals surface area contributed by atoms with Crippen LogP contribution in [0.1, 0.15) is 33.6 Å². The van der Waals surface area contributed by atoms with Gasteiger partial charge in [0.05, 0.1) is 6.10 Å². The molecule has 0 radical (unpaired) electrons. The summed E-state index contributed by atoms with van der Waals surface area (Å²) in [5.74, 6) is -1.18. The lowest BCUT2D eigenvalue weighted by Gasteiger charge is -2.37. The van der Waals surface area contributed by atoms with E-state index in [4.69, 9.17) is 4.74 Å². The van der Waals surface area contributed by atoms with E-state index in [1.54, 1.807) is 6.92 Å². The highest BCUT2D eigenvalue weighted by atomic mass is 19.2. The summed E-state index contributed by atoms with van der Waals surface area (Å²) in [4.78, 5) is 0. The van der Waals surface area contributed by atoms with Crippen molar-refractivity contribution in [3.05, 3.63) is 23.0 Å². The second kappa shape index (κ2) is 3.62. The van der Waals surface area contributed by atoms with Gasteiger partial charge in [0.15, 0.2) is 11.7 Å². The molecule has 1 aliphatic heterocycles. The molecule has 3 atom stereocenters. The van der Waals surface area contributed by atoms with E-state index >= 15 is 0 Å². The zero-order chi connectivity index (χ0) is 11.2.